The van der Waals surface area contributed by atoms with Crippen LogP contribution in [0, 0.1) is 0 Å². The maximum Gasteiger partial charge on any atom is 0.163 e. The lowest BCUT2D eigenvalue weighted by Crippen LogP contribution is -1.50. The van der Waals surface area contributed by atoms with E-state index in [9.17, 15) is 4.55 Å². The fourth-order valence-corrected chi connectivity index (χ4v) is 0.698. The molecule has 0 amide bonds. The lowest BCUT2D eigenvalue weighted by atomic mass is 10.8. The van der Waals surface area contributed by atoms with Crippen LogP contribution in [0.3, 0.4) is 0 Å². The second kappa shape index (κ2) is 4.70. The van der Waals surface area contributed by atoms with Crippen LogP contribution in [0.15, 0.2) is 17.6 Å². The zero-order valence-corrected chi connectivity index (χ0v) is 5.26. The number of aliphatic hydroxyl groups is 1. The monoisotopic (exact) mass is 133 g/mol. The highest BCUT2D eigenvalue weighted by Crippen LogP contribution is 2.00. The van der Waals surface area contributed by atoms with Gasteiger partial charge in [0.15, 0.2) is 5.38 Å². The minimum absolute atomic E-state index is 1.00. The van der Waals surface area contributed by atoms with Crippen molar-refractivity contribution >= 4 is 10.9 Å². The summed E-state index contributed by atoms with van der Waals surface area (Å²) < 4.78 is 13.5. The summed E-state index contributed by atoms with van der Waals surface area (Å²) in [5.74, 6) is 0. The van der Waals surface area contributed by atoms with Crippen molar-refractivity contribution in [3.8, 4) is 0 Å². The molecule has 1 N–H and O–H groups in total. The summed E-state index contributed by atoms with van der Waals surface area (Å²) in [5.41, 5.74) is 0. The summed E-state index contributed by atoms with van der Waals surface area (Å²) in [7, 11) is -0.0340. The van der Waals surface area contributed by atoms with Crippen LogP contribution < -0.4 is 0 Å². The first-order chi connectivity index (χ1) is 3.89. The number of hydrogen-bond donors (Lipinski definition) is 1. The van der Waals surface area contributed by atoms with Gasteiger partial charge in [-0.25, -0.2) is 0 Å². The number of aliphatic hydroxyl groups excluding tert-OH is 1. The Kier molecular flexibility index (Phi) is 4.44. The molecule has 0 aliphatic rings. The van der Waals surface area contributed by atoms with Gasteiger partial charge in [0.05, 0.1) is 17.1 Å². The average Bonchev–Trinajstić information content (AvgIpc) is 2.24. The molecule has 1 aromatic heterocycles. The molecule has 4 heteroatoms. The number of aromatic nitrogens is 1. The molecule has 1 heterocycles. The first kappa shape index (κ1) is 7.55. The average molecular weight is 133 g/mol. The molecule has 0 radical (unpaired) electrons. The van der Waals surface area contributed by atoms with Gasteiger partial charge in [-0.15, -0.1) is 0 Å². The molecule has 0 bridgehead atoms. The molecule has 8 heavy (non-hydrogen) atoms. The molecule has 0 spiro atoms. The summed E-state index contributed by atoms with van der Waals surface area (Å²) in [6.45, 7) is 0. The minimum Gasteiger partial charge on any atom is -0.569 e. The van der Waals surface area contributed by atoms with E-state index in [1.807, 2.05) is 0 Å². The Labute approximate surface area is 50.6 Å². The molecule has 3 nitrogen and oxygen atoms in total. The molecular weight excluding hydrogens is 126 g/mol. The first-order valence-electron chi connectivity index (χ1n) is 1.96. The van der Waals surface area contributed by atoms with Crippen molar-refractivity contribution in [2.24, 2.45) is 0 Å². The van der Waals surface area contributed by atoms with Gasteiger partial charge in [-0.2, -0.15) is 0 Å². The SMILES string of the molecule is CO.[O-][s+]1cccn1. The quantitative estimate of drug-likeness (QED) is 0.522. The van der Waals surface area contributed by atoms with Gasteiger partial charge in [0.2, 0.25) is 0 Å². The van der Waals surface area contributed by atoms with E-state index in [-0.39, 0.29) is 0 Å². The number of hydrogen-bond acceptors (Lipinski definition) is 3. The van der Waals surface area contributed by atoms with Gasteiger partial charge >= 0.3 is 0 Å². The van der Waals surface area contributed by atoms with Crippen molar-refractivity contribution in [1.29, 1.82) is 0 Å². The van der Waals surface area contributed by atoms with Crippen LogP contribution >= 0.6 is 10.9 Å². The number of nitrogens with zero attached hydrogens (tertiary/aromatic N) is 1. The predicted molar refractivity (Wildman–Crippen MR) is 31.0 cm³/mol. The molecule has 0 aliphatic carbocycles. The smallest absolute Gasteiger partial charge is 0.163 e. The van der Waals surface area contributed by atoms with Gasteiger partial charge < -0.3 is 9.66 Å². The summed E-state index contributed by atoms with van der Waals surface area (Å²) in [6.07, 6.45) is 1.52. The van der Waals surface area contributed by atoms with E-state index in [1.54, 1.807) is 6.07 Å². The molecule has 46 valence electrons. The van der Waals surface area contributed by atoms with Crippen LogP contribution in [0.1, 0.15) is 0 Å². The van der Waals surface area contributed by atoms with Crippen molar-refractivity contribution in [2.45, 2.75) is 0 Å². The summed E-state index contributed by atoms with van der Waals surface area (Å²) in [6, 6.07) is 1.66. The van der Waals surface area contributed by atoms with Crippen LogP contribution in [-0.2, 0) is 0 Å². The number of rotatable bonds is 0. The van der Waals surface area contributed by atoms with Crippen LogP contribution in [0.2, 0.25) is 0 Å². The van der Waals surface area contributed by atoms with E-state index in [2.05, 4.69) is 4.37 Å². The maximum atomic E-state index is 10.1. The largest absolute Gasteiger partial charge is 0.569 e. The zero-order valence-electron chi connectivity index (χ0n) is 4.44. The Balaban J connectivity index is 0.000000222. The van der Waals surface area contributed by atoms with Crippen molar-refractivity contribution in [1.82, 2.24) is 4.37 Å². The van der Waals surface area contributed by atoms with Gasteiger partial charge in [0.1, 0.15) is 0 Å². The van der Waals surface area contributed by atoms with Crippen molar-refractivity contribution in [3.63, 3.8) is 0 Å². The van der Waals surface area contributed by atoms with Gasteiger partial charge in [-0.3, -0.25) is 0 Å². The molecule has 1 aromatic rings. The lowest BCUT2D eigenvalue weighted by molar-refractivity contribution is 0.399. The van der Waals surface area contributed by atoms with Crippen LogP contribution in [0.4, 0.5) is 0 Å². The zero-order chi connectivity index (χ0) is 6.41. The highest BCUT2D eigenvalue weighted by atomic mass is 32.2. The van der Waals surface area contributed by atoms with E-state index >= 15 is 0 Å². The predicted octanol–water partition coefficient (Wildman–Crippen LogP) is 0.418. The van der Waals surface area contributed by atoms with E-state index in [1.165, 1.54) is 11.6 Å². The van der Waals surface area contributed by atoms with Crippen LogP contribution in [0.5, 0.6) is 0 Å². The summed E-state index contributed by atoms with van der Waals surface area (Å²) >= 11 is 0. The van der Waals surface area contributed by atoms with E-state index in [4.69, 9.17) is 5.11 Å². The second-order valence-electron chi connectivity index (χ2n) is 0.859. The molecule has 0 aromatic carbocycles. The fourth-order valence-electron chi connectivity index (χ4n) is 0.233. The summed E-state index contributed by atoms with van der Waals surface area (Å²) in [5, 5.41) is 8.53. The molecule has 0 fully saturated rings. The Morgan fingerprint density at radius 3 is 2.38 bits per heavy atom. The molecular formula is C4H7NO2S. The highest BCUT2D eigenvalue weighted by molar-refractivity contribution is 7.17. The Morgan fingerprint density at radius 1 is 1.62 bits per heavy atom. The van der Waals surface area contributed by atoms with Crippen LogP contribution in [0.25, 0.3) is 0 Å². The molecule has 1 atom stereocenters. The molecule has 0 saturated heterocycles. The Bertz CT molecular complexity index is 118. The minimum atomic E-state index is -1.03. The van der Waals surface area contributed by atoms with Gasteiger partial charge in [0, 0.05) is 13.2 Å². The third kappa shape index (κ3) is 2.68. The van der Waals surface area contributed by atoms with Crippen molar-refractivity contribution in [3.05, 3.63) is 17.6 Å². The maximum absolute atomic E-state index is 10.1. The Hall–Kier alpha value is -0.450. The van der Waals surface area contributed by atoms with Crippen molar-refractivity contribution in [2.75, 3.05) is 7.11 Å². The van der Waals surface area contributed by atoms with E-state index in [0.717, 1.165) is 7.11 Å². The normalized spacial score (nSPS) is 9.62. The first-order valence-corrected chi connectivity index (χ1v) is 3.13. The van der Waals surface area contributed by atoms with Crippen LogP contribution in [-0.4, -0.2) is 21.1 Å². The Morgan fingerprint density at radius 2 is 2.25 bits per heavy atom. The van der Waals surface area contributed by atoms with Gasteiger partial charge in [-0.05, 0) is 4.37 Å². The van der Waals surface area contributed by atoms with Gasteiger partial charge in [0.25, 0.3) is 0 Å². The second-order valence-corrected chi connectivity index (χ2v) is 1.89. The van der Waals surface area contributed by atoms with E-state index in [0.29, 0.717) is 0 Å². The third-order valence-electron chi connectivity index (χ3n) is 0.446. The molecule has 0 saturated carbocycles. The summed E-state index contributed by atoms with van der Waals surface area (Å²) in [4.78, 5) is 0. The lowest BCUT2D eigenvalue weighted by Gasteiger charge is -1.71. The molecule has 1 unspecified atom stereocenters. The van der Waals surface area contributed by atoms with Gasteiger partial charge in [-0.1, -0.05) is 0 Å². The van der Waals surface area contributed by atoms with Crippen molar-refractivity contribution < 1.29 is 9.66 Å². The molecule has 1 rings (SSSR count). The molecule has 0 aliphatic heterocycles. The third-order valence-corrected chi connectivity index (χ3v) is 1.17. The fraction of sp³-hybridized carbons (Fsp3) is 0.250. The van der Waals surface area contributed by atoms with E-state index < -0.39 is 10.9 Å². The standard InChI is InChI=1S/C3H3NOS.CH4O/c5-6-3-1-2-4-6;1-2/h1-3H;2H,1H3. The highest BCUT2D eigenvalue weighted by Gasteiger charge is 1.80. The topological polar surface area (TPSA) is 56.2 Å².